The summed E-state index contributed by atoms with van der Waals surface area (Å²) in [4.78, 5) is 22.7. The number of hydrogen-bond acceptors (Lipinski definition) is 6. The van der Waals surface area contributed by atoms with Crippen molar-refractivity contribution in [2.24, 2.45) is 10.2 Å². The number of carbonyl (C=O) groups excluding carboxylic acids is 1. The fraction of sp³-hybridized carbons (Fsp3) is 0.154. The molecule has 0 bridgehead atoms. The van der Waals surface area contributed by atoms with Gasteiger partial charge in [-0.25, -0.2) is 8.78 Å². The van der Waals surface area contributed by atoms with Crippen molar-refractivity contribution in [2.45, 2.75) is 24.7 Å². The molecule has 3 aromatic rings. The van der Waals surface area contributed by atoms with Gasteiger partial charge in [-0.2, -0.15) is 5.10 Å². The largest absolute Gasteiger partial charge is 0.489 e. The smallest absolute Gasteiger partial charge is 0.305 e. The fourth-order valence-electron chi connectivity index (χ4n) is 3.51. The highest BCUT2D eigenvalue weighted by Gasteiger charge is 2.32. The van der Waals surface area contributed by atoms with Crippen molar-refractivity contribution in [1.82, 2.24) is 5.32 Å². The summed E-state index contributed by atoms with van der Waals surface area (Å²) < 4.78 is 33.2. The quantitative estimate of drug-likeness (QED) is 0.326. The molecule has 1 heterocycles. The predicted octanol–water partition coefficient (Wildman–Crippen LogP) is 4.53. The molecule has 10 heteroatoms. The molecule has 4 rings (SSSR count). The Bertz CT molecular complexity index is 1350. The third-order valence-corrected chi connectivity index (χ3v) is 6.22. The summed E-state index contributed by atoms with van der Waals surface area (Å²) in [6.45, 7) is 0.156. The molecule has 1 unspecified atom stereocenters. The lowest BCUT2D eigenvalue weighted by Gasteiger charge is -2.13. The van der Waals surface area contributed by atoms with Crippen molar-refractivity contribution < 1.29 is 28.2 Å². The Morgan fingerprint density at radius 1 is 1.06 bits per heavy atom. The monoisotopic (exact) mass is 509 g/mol. The number of hydrogen-bond donors (Lipinski definition) is 2. The third-order valence-electron chi connectivity index (χ3n) is 5.14. The van der Waals surface area contributed by atoms with Crippen molar-refractivity contribution >= 4 is 35.0 Å². The molecule has 0 spiro atoms. The van der Waals surface area contributed by atoms with Crippen LogP contribution in [0.3, 0.4) is 0 Å². The molecule has 1 saturated heterocycles. The van der Waals surface area contributed by atoms with Crippen LogP contribution in [0.1, 0.15) is 28.7 Å². The van der Waals surface area contributed by atoms with Gasteiger partial charge in [0, 0.05) is 6.42 Å². The van der Waals surface area contributed by atoms with Crippen molar-refractivity contribution in [1.29, 1.82) is 0 Å². The van der Waals surface area contributed by atoms with E-state index in [9.17, 15) is 18.4 Å². The van der Waals surface area contributed by atoms with Crippen LogP contribution in [0.2, 0.25) is 0 Å². The van der Waals surface area contributed by atoms with Gasteiger partial charge in [0.1, 0.15) is 29.2 Å². The number of amidine groups is 1. The van der Waals surface area contributed by atoms with Gasteiger partial charge in [-0.3, -0.25) is 9.59 Å². The molecule has 0 aliphatic carbocycles. The van der Waals surface area contributed by atoms with Crippen LogP contribution in [-0.2, 0) is 22.6 Å². The summed E-state index contributed by atoms with van der Waals surface area (Å²) in [5.74, 6) is -1.63. The van der Waals surface area contributed by atoms with Gasteiger partial charge in [0.2, 0.25) is 5.91 Å². The molecule has 1 aliphatic heterocycles. The predicted molar refractivity (Wildman–Crippen MR) is 133 cm³/mol. The molecule has 0 aromatic heterocycles. The number of halogens is 2. The molecular formula is C26H21F2N3O4S. The zero-order valence-corrected chi connectivity index (χ0v) is 19.7. The second-order valence-corrected chi connectivity index (χ2v) is 9.13. The highest BCUT2D eigenvalue weighted by molar-refractivity contribution is 8.15. The van der Waals surface area contributed by atoms with Crippen molar-refractivity contribution in [3.8, 4) is 5.75 Å². The number of rotatable bonds is 9. The Morgan fingerprint density at radius 3 is 2.50 bits per heavy atom. The number of carboxylic acid groups (broad SMARTS) is 1. The van der Waals surface area contributed by atoms with E-state index in [0.29, 0.717) is 23.3 Å². The van der Waals surface area contributed by atoms with E-state index >= 15 is 0 Å². The molecule has 0 saturated carbocycles. The number of carboxylic acids is 1. The number of aliphatic carboxylic acids is 1. The summed E-state index contributed by atoms with van der Waals surface area (Å²) in [7, 11) is 0. The second kappa shape index (κ2) is 11.6. The highest BCUT2D eigenvalue weighted by Crippen LogP contribution is 2.25. The van der Waals surface area contributed by atoms with Gasteiger partial charge in [-0.05, 0) is 64.7 Å². The summed E-state index contributed by atoms with van der Waals surface area (Å²) in [6.07, 6.45) is 1.56. The summed E-state index contributed by atoms with van der Waals surface area (Å²) in [5.41, 5.74) is 2.86. The van der Waals surface area contributed by atoms with E-state index in [1.165, 1.54) is 30.5 Å². The molecule has 2 N–H and O–H groups in total. The van der Waals surface area contributed by atoms with Crippen LogP contribution in [0.15, 0.2) is 76.9 Å². The molecule has 0 radical (unpaired) electrons. The molecule has 1 aliphatic rings. The van der Waals surface area contributed by atoms with Crippen LogP contribution in [0.4, 0.5) is 8.78 Å². The summed E-state index contributed by atoms with van der Waals surface area (Å²) in [5, 5.41) is 18.8. The minimum Gasteiger partial charge on any atom is -0.489 e. The van der Waals surface area contributed by atoms with Crippen LogP contribution in [0.25, 0.3) is 0 Å². The molecular weight excluding hydrogens is 488 g/mol. The van der Waals surface area contributed by atoms with Crippen LogP contribution in [0, 0.1) is 11.6 Å². The van der Waals surface area contributed by atoms with Crippen LogP contribution >= 0.6 is 11.8 Å². The van der Waals surface area contributed by atoms with Crippen molar-refractivity contribution in [2.75, 3.05) is 0 Å². The lowest BCUT2D eigenvalue weighted by atomic mass is 10.0. The third kappa shape index (κ3) is 6.98. The molecule has 3 aromatic carbocycles. The maximum atomic E-state index is 13.7. The number of amides is 1. The van der Waals surface area contributed by atoms with E-state index in [0.717, 1.165) is 22.9 Å². The first kappa shape index (κ1) is 25.1. The Balaban J connectivity index is 1.52. The number of nitrogens with one attached hydrogen (secondary N) is 1. The van der Waals surface area contributed by atoms with Gasteiger partial charge in [-0.1, -0.05) is 36.0 Å². The molecule has 36 heavy (non-hydrogen) atoms. The average Bonchev–Trinajstić information content (AvgIpc) is 3.17. The molecule has 1 amide bonds. The normalized spacial score (nSPS) is 16.4. The Labute approximate surface area is 209 Å². The summed E-state index contributed by atoms with van der Waals surface area (Å²) >= 11 is 1.01. The van der Waals surface area contributed by atoms with Crippen LogP contribution < -0.4 is 10.1 Å². The van der Waals surface area contributed by atoms with Gasteiger partial charge >= 0.3 is 5.97 Å². The van der Waals surface area contributed by atoms with Gasteiger partial charge in [0.15, 0.2) is 5.17 Å². The molecule has 1 fully saturated rings. The molecule has 7 nitrogen and oxygen atoms in total. The minimum absolute atomic E-state index is 0.156. The highest BCUT2D eigenvalue weighted by atomic mass is 32.2. The fourth-order valence-corrected chi connectivity index (χ4v) is 4.42. The van der Waals surface area contributed by atoms with Crippen molar-refractivity contribution in [3.05, 3.63) is 101 Å². The van der Waals surface area contributed by atoms with Gasteiger partial charge < -0.3 is 15.2 Å². The van der Waals surface area contributed by atoms with Gasteiger partial charge in [0.05, 0.1) is 12.6 Å². The van der Waals surface area contributed by atoms with Crippen LogP contribution in [-0.4, -0.2) is 33.6 Å². The minimum atomic E-state index is -1.07. The van der Waals surface area contributed by atoms with Crippen molar-refractivity contribution in [3.63, 3.8) is 0 Å². The standard InChI is InChI=1S/C26H21F2N3O4S/c27-20-5-1-3-16(11-20)9-19-10-17(7-8-22(19)35-15-18-4-2-6-21(28)12-18)14-29-31-26-30-25(34)23(36-26)13-24(32)33/h1-8,10-12,14,23H,9,13,15H2,(H,32,33)(H,30,31,34). The molecule has 1 atom stereocenters. The number of benzene rings is 3. The van der Waals surface area contributed by atoms with E-state index in [1.54, 1.807) is 36.4 Å². The van der Waals surface area contributed by atoms with E-state index in [1.807, 2.05) is 6.07 Å². The van der Waals surface area contributed by atoms with E-state index in [-0.39, 0.29) is 29.8 Å². The van der Waals surface area contributed by atoms with Gasteiger partial charge in [-0.15, -0.1) is 5.10 Å². The number of thioether (sulfide) groups is 1. The van der Waals surface area contributed by atoms with Gasteiger partial charge in [0.25, 0.3) is 0 Å². The Morgan fingerprint density at radius 2 is 1.78 bits per heavy atom. The summed E-state index contributed by atoms with van der Waals surface area (Å²) in [6, 6.07) is 17.7. The zero-order valence-electron chi connectivity index (χ0n) is 18.9. The Kier molecular flexibility index (Phi) is 8.06. The van der Waals surface area contributed by atoms with Crippen LogP contribution in [0.5, 0.6) is 5.75 Å². The maximum Gasteiger partial charge on any atom is 0.305 e. The lowest BCUT2D eigenvalue weighted by molar-refractivity contribution is -0.138. The first-order valence-electron chi connectivity index (χ1n) is 10.9. The Hall–Kier alpha value is -4.05. The number of carbonyl (C=O) groups is 2. The number of ether oxygens (including phenoxy) is 1. The topological polar surface area (TPSA) is 100 Å². The first-order valence-corrected chi connectivity index (χ1v) is 11.8. The van der Waals surface area contributed by atoms with E-state index in [4.69, 9.17) is 9.84 Å². The van der Waals surface area contributed by atoms with E-state index < -0.39 is 17.1 Å². The second-order valence-electron chi connectivity index (χ2n) is 7.94. The zero-order chi connectivity index (χ0) is 25.5. The molecule has 184 valence electrons. The van der Waals surface area contributed by atoms with E-state index in [2.05, 4.69) is 15.5 Å². The lowest BCUT2D eigenvalue weighted by Crippen LogP contribution is -2.26. The number of nitrogens with zero attached hydrogens (tertiary/aromatic N) is 2. The SMILES string of the molecule is O=C(O)CC1SC(=NN=Cc2ccc(OCc3cccc(F)c3)c(Cc3cccc(F)c3)c2)NC1=O. The maximum absolute atomic E-state index is 13.7. The first-order chi connectivity index (χ1) is 17.4. The average molecular weight is 510 g/mol.